The van der Waals surface area contributed by atoms with Crippen LogP contribution in [-0.4, -0.2) is 28.0 Å². The highest BCUT2D eigenvalue weighted by molar-refractivity contribution is 6.01. The Labute approximate surface area is 140 Å². The summed E-state index contributed by atoms with van der Waals surface area (Å²) in [5, 5.41) is 16.4. The van der Waals surface area contributed by atoms with Crippen molar-refractivity contribution >= 4 is 17.5 Å². The number of amides is 2. The number of aryl methyl sites for hydroxylation is 1. The summed E-state index contributed by atoms with van der Waals surface area (Å²) in [4.78, 5) is 13.8. The summed E-state index contributed by atoms with van der Waals surface area (Å²) in [6.45, 7) is 0. The van der Waals surface area contributed by atoms with Crippen molar-refractivity contribution in [2.24, 2.45) is 7.05 Å². The molecule has 1 heterocycles. The molecule has 0 aliphatic carbocycles. The number of aromatic nitrogens is 2. The first-order chi connectivity index (χ1) is 11.5. The summed E-state index contributed by atoms with van der Waals surface area (Å²) in [5.74, 6) is 0.636. The van der Waals surface area contributed by atoms with Gasteiger partial charge in [0.15, 0.2) is 5.82 Å². The van der Waals surface area contributed by atoms with Crippen LogP contribution in [0.15, 0.2) is 60.7 Å². The van der Waals surface area contributed by atoms with E-state index >= 15 is 0 Å². The molecule has 1 aromatic heterocycles. The van der Waals surface area contributed by atoms with Crippen molar-refractivity contribution in [2.45, 2.75) is 0 Å². The first-order valence-corrected chi connectivity index (χ1v) is 7.48. The lowest BCUT2D eigenvalue weighted by molar-refractivity contribution is 0.258. The Morgan fingerprint density at radius 2 is 1.79 bits per heavy atom. The largest absolute Gasteiger partial charge is 0.508 e. The molecular weight excluding hydrogens is 304 g/mol. The second kappa shape index (κ2) is 6.45. The van der Waals surface area contributed by atoms with E-state index in [9.17, 15) is 9.90 Å². The number of nitrogens with one attached hydrogen (secondary N) is 1. The zero-order chi connectivity index (χ0) is 17.1. The van der Waals surface area contributed by atoms with E-state index in [4.69, 9.17) is 0 Å². The van der Waals surface area contributed by atoms with E-state index in [0.29, 0.717) is 11.5 Å². The Bertz CT molecular complexity index is 841. The molecule has 2 N–H and O–H groups in total. The van der Waals surface area contributed by atoms with Gasteiger partial charge in [-0.2, -0.15) is 5.10 Å². The Kier molecular flexibility index (Phi) is 4.20. The molecule has 6 heteroatoms. The number of rotatable bonds is 3. The highest BCUT2D eigenvalue weighted by Crippen LogP contribution is 2.22. The van der Waals surface area contributed by atoms with Crippen molar-refractivity contribution in [3.63, 3.8) is 0 Å². The van der Waals surface area contributed by atoms with Gasteiger partial charge in [-0.15, -0.1) is 0 Å². The molecule has 0 atom stereocenters. The van der Waals surface area contributed by atoms with Crippen molar-refractivity contribution < 1.29 is 9.90 Å². The van der Waals surface area contributed by atoms with Gasteiger partial charge in [-0.3, -0.25) is 14.9 Å². The van der Waals surface area contributed by atoms with Crippen molar-refractivity contribution in [3.05, 3.63) is 60.7 Å². The van der Waals surface area contributed by atoms with Crippen LogP contribution in [0.1, 0.15) is 0 Å². The Balaban J connectivity index is 1.76. The van der Waals surface area contributed by atoms with Gasteiger partial charge in [0.1, 0.15) is 5.75 Å². The molecule has 3 aromatic rings. The SMILES string of the molecule is CN(C(=O)Nc1cc(-c2ccccc2)n(C)n1)c1ccc(O)cc1. The van der Waals surface area contributed by atoms with Crippen molar-refractivity contribution in [2.75, 3.05) is 17.3 Å². The van der Waals surface area contributed by atoms with E-state index < -0.39 is 0 Å². The second-order valence-corrected chi connectivity index (χ2v) is 5.41. The van der Waals surface area contributed by atoms with Crippen LogP contribution in [0.4, 0.5) is 16.3 Å². The molecule has 0 radical (unpaired) electrons. The topological polar surface area (TPSA) is 70.4 Å². The normalized spacial score (nSPS) is 10.4. The quantitative estimate of drug-likeness (QED) is 0.776. The average Bonchev–Trinajstić information content (AvgIpc) is 2.96. The summed E-state index contributed by atoms with van der Waals surface area (Å²) in [6.07, 6.45) is 0. The molecule has 0 spiro atoms. The molecule has 0 saturated heterocycles. The molecular formula is C18H18N4O2. The summed E-state index contributed by atoms with van der Waals surface area (Å²) in [6, 6.07) is 17.8. The summed E-state index contributed by atoms with van der Waals surface area (Å²) < 4.78 is 1.73. The molecule has 2 aromatic carbocycles. The van der Waals surface area contributed by atoms with E-state index in [1.807, 2.05) is 43.4 Å². The second-order valence-electron chi connectivity index (χ2n) is 5.41. The van der Waals surface area contributed by atoms with Crippen LogP contribution >= 0.6 is 0 Å². The molecule has 24 heavy (non-hydrogen) atoms. The zero-order valence-corrected chi connectivity index (χ0v) is 13.5. The molecule has 2 amide bonds. The standard InChI is InChI=1S/C18H18N4O2/c1-21(14-8-10-15(23)11-9-14)18(24)19-17-12-16(22(2)20-17)13-6-4-3-5-7-13/h3-12,23H,1-2H3,(H,19,20,24). The predicted molar refractivity (Wildman–Crippen MR) is 94.2 cm³/mol. The summed E-state index contributed by atoms with van der Waals surface area (Å²) in [5.41, 5.74) is 2.61. The predicted octanol–water partition coefficient (Wildman–Crippen LogP) is 3.46. The fourth-order valence-corrected chi connectivity index (χ4v) is 2.39. The van der Waals surface area contributed by atoms with Gasteiger partial charge in [-0.25, -0.2) is 4.79 Å². The number of aromatic hydroxyl groups is 1. The van der Waals surface area contributed by atoms with E-state index in [0.717, 1.165) is 11.3 Å². The lowest BCUT2D eigenvalue weighted by Crippen LogP contribution is -2.31. The van der Waals surface area contributed by atoms with Gasteiger partial charge in [0.2, 0.25) is 0 Å². The minimum absolute atomic E-state index is 0.157. The van der Waals surface area contributed by atoms with Gasteiger partial charge in [-0.05, 0) is 29.8 Å². The smallest absolute Gasteiger partial charge is 0.327 e. The van der Waals surface area contributed by atoms with Crippen LogP contribution in [0.3, 0.4) is 0 Å². The number of anilines is 2. The monoisotopic (exact) mass is 322 g/mol. The third kappa shape index (κ3) is 3.22. The first-order valence-electron chi connectivity index (χ1n) is 7.48. The number of urea groups is 1. The van der Waals surface area contributed by atoms with Gasteiger partial charge >= 0.3 is 6.03 Å². The third-order valence-electron chi connectivity index (χ3n) is 3.73. The number of carbonyl (C=O) groups is 1. The van der Waals surface area contributed by atoms with Crippen LogP contribution in [0.2, 0.25) is 0 Å². The first kappa shape index (κ1) is 15.6. The Morgan fingerprint density at radius 3 is 2.46 bits per heavy atom. The van der Waals surface area contributed by atoms with Crippen LogP contribution in [0, 0.1) is 0 Å². The van der Waals surface area contributed by atoms with Gasteiger partial charge in [0, 0.05) is 25.8 Å². The summed E-state index contributed by atoms with van der Waals surface area (Å²) in [7, 11) is 3.49. The van der Waals surface area contributed by atoms with E-state index in [-0.39, 0.29) is 11.8 Å². The van der Waals surface area contributed by atoms with Gasteiger partial charge in [0.25, 0.3) is 0 Å². The minimum atomic E-state index is -0.307. The van der Waals surface area contributed by atoms with E-state index in [1.54, 1.807) is 23.9 Å². The van der Waals surface area contributed by atoms with Crippen LogP contribution in [0.5, 0.6) is 5.75 Å². The lowest BCUT2D eigenvalue weighted by atomic mass is 10.1. The van der Waals surface area contributed by atoms with Gasteiger partial charge in [-0.1, -0.05) is 30.3 Å². The van der Waals surface area contributed by atoms with Crippen molar-refractivity contribution in [1.29, 1.82) is 0 Å². The molecule has 0 bridgehead atoms. The maximum absolute atomic E-state index is 12.4. The number of hydrogen-bond acceptors (Lipinski definition) is 3. The maximum atomic E-state index is 12.4. The zero-order valence-electron chi connectivity index (χ0n) is 13.5. The van der Waals surface area contributed by atoms with Crippen LogP contribution in [0.25, 0.3) is 11.3 Å². The highest BCUT2D eigenvalue weighted by atomic mass is 16.3. The molecule has 3 rings (SSSR count). The number of phenols is 1. The number of nitrogens with zero attached hydrogens (tertiary/aromatic N) is 3. The van der Waals surface area contributed by atoms with Crippen molar-refractivity contribution in [3.8, 4) is 17.0 Å². The van der Waals surface area contributed by atoms with Crippen LogP contribution in [-0.2, 0) is 7.05 Å². The fourth-order valence-electron chi connectivity index (χ4n) is 2.39. The molecule has 0 fully saturated rings. The van der Waals surface area contributed by atoms with Gasteiger partial charge in [0.05, 0.1) is 5.69 Å². The third-order valence-corrected chi connectivity index (χ3v) is 3.73. The van der Waals surface area contributed by atoms with Crippen LogP contribution < -0.4 is 10.2 Å². The van der Waals surface area contributed by atoms with E-state index in [2.05, 4.69) is 10.4 Å². The minimum Gasteiger partial charge on any atom is -0.508 e. The average molecular weight is 322 g/mol. The molecule has 0 unspecified atom stereocenters. The molecule has 6 nitrogen and oxygen atoms in total. The number of phenolic OH excluding ortho intramolecular Hbond substituents is 1. The number of hydrogen-bond donors (Lipinski definition) is 2. The Hall–Kier alpha value is -3.28. The molecule has 122 valence electrons. The number of benzene rings is 2. The molecule has 0 saturated carbocycles. The fraction of sp³-hybridized carbons (Fsp3) is 0.111. The van der Waals surface area contributed by atoms with Gasteiger partial charge < -0.3 is 5.11 Å². The highest BCUT2D eigenvalue weighted by Gasteiger charge is 2.14. The maximum Gasteiger partial charge on any atom is 0.327 e. The van der Waals surface area contributed by atoms with Crippen molar-refractivity contribution in [1.82, 2.24) is 9.78 Å². The molecule has 0 aliphatic heterocycles. The molecule has 0 aliphatic rings. The summed E-state index contributed by atoms with van der Waals surface area (Å²) >= 11 is 0. The Morgan fingerprint density at radius 1 is 1.12 bits per heavy atom. The lowest BCUT2D eigenvalue weighted by Gasteiger charge is -2.17. The number of carbonyl (C=O) groups excluding carboxylic acids is 1. The van der Waals surface area contributed by atoms with E-state index in [1.165, 1.54) is 17.0 Å².